The van der Waals surface area contributed by atoms with Gasteiger partial charge in [-0.1, -0.05) is 13.8 Å². The maximum atomic E-state index is 5.43. The van der Waals surface area contributed by atoms with Crippen LogP contribution >= 0.6 is 11.3 Å². The van der Waals surface area contributed by atoms with E-state index in [9.17, 15) is 0 Å². The van der Waals surface area contributed by atoms with E-state index in [1.54, 1.807) is 11.3 Å². The maximum absolute atomic E-state index is 5.43. The molecule has 6 heteroatoms. The Morgan fingerprint density at radius 2 is 2.11 bits per heavy atom. The number of nitrogens with two attached hydrogens (primary N) is 1. The number of aryl methyl sites for hydroxylation is 1. The van der Waals surface area contributed by atoms with E-state index in [2.05, 4.69) is 34.2 Å². The first-order valence-electron chi connectivity index (χ1n) is 5.84. The first-order valence-corrected chi connectivity index (χ1v) is 6.72. The van der Waals surface area contributed by atoms with E-state index in [1.165, 1.54) is 0 Å². The largest absolute Gasteiger partial charge is 0.308 e. The Morgan fingerprint density at radius 3 is 2.67 bits per heavy atom. The van der Waals surface area contributed by atoms with Gasteiger partial charge in [-0.15, -0.1) is 11.3 Å². The molecule has 96 valence electrons. The Balaban J connectivity index is 2.29. The zero-order chi connectivity index (χ0) is 13.1. The van der Waals surface area contributed by atoms with Gasteiger partial charge in [0.2, 0.25) is 0 Å². The van der Waals surface area contributed by atoms with Crippen molar-refractivity contribution in [2.45, 2.75) is 33.1 Å². The Labute approximate surface area is 110 Å². The lowest BCUT2D eigenvalue weighted by molar-refractivity contribution is 0.789. The normalized spacial score (nSPS) is 10.9. The summed E-state index contributed by atoms with van der Waals surface area (Å²) in [4.78, 5) is 13.3. The number of hydrogen-bond donors (Lipinski definition) is 2. The molecule has 2 heterocycles. The summed E-state index contributed by atoms with van der Waals surface area (Å²) in [5.74, 6) is 7.17. The maximum Gasteiger partial charge on any atom is 0.143 e. The van der Waals surface area contributed by atoms with Crippen molar-refractivity contribution in [1.29, 1.82) is 0 Å². The van der Waals surface area contributed by atoms with Gasteiger partial charge in [0.1, 0.15) is 11.6 Å². The van der Waals surface area contributed by atoms with Crippen LogP contribution in [0, 0.1) is 6.92 Å². The summed E-state index contributed by atoms with van der Waals surface area (Å²) in [7, 11) is 0. The van der Waals surface area contributed by atoms with Gasteiger partial charge >= 0.3 is 0 Å². The molecule has 0 spiro atoms. The molecule has 0 aliphatic rings. The van der Waals surface area contributed by atoms with Crippen LogP contribution in [0.2, 0.25) is 0 Å². The molecule has 0 saturated heterocycles. The zero-order valence-electron chi connectivity index (χ0n) is 10.8. The number of rotatable bonds is 4. The smallest absolute Gasteiger partial charge is 0.143 e. The molecule has 0 unspecified atom stereocenters. The molecule has 18 heavy (non-hydrogen) atoms. The van der Waals surface area contributed by atoms with Crippen molar-refractivity contribution in [3.05, 3.63) is 33.7 Å². The third-order valence-corrected chi connectivity index (χ3v) is 3.36. The minimum atomic E-state index is 0.344. The lowest BCUT2D eigenvalue weighted by atomic mass is 10.1. The van der Waals surface area contributed by atoms with Crippen LogP contribution in [0.3, 0.4) is 0 Å². The molecule has 2 aromatic rings. The van der Waals surface area contributed by atoms with Crippen LogP contribution < -0.4 is 11.3 Å². The third-order valence-electron chi connectivity index (χ3n) is 2.54. The predicted molar refractivity (Wildman–Crippen MR) is 73.6 cm³/mol. The SMILES string of the molecule is Cc1nc(Cc2nc(NN)cc(C(C)C)n2)cs1. The number of nitrogen functional groups attached to an aromatic ring is 1. The number of anilines is 1. The predicted octanol–water partition coefficient (Wildman–Crippen LogP) is 2.24. The lowest BCUT2D eigenvalue weighted by Gasteiger charge is -2.09. The average Bonchev–Trinajstić information content (AvgIpc) is 2.74. The highest BCUT2D eigenvalue weighted by Gasteiger charge is 2.09. The minimum Gasteiger partial charge on any atom is -0.308 e. The minimum absolute atomic E-state index is 0.344. The van der Waals surface area contributed by atoms with Crippen LogP contribution in [0.25, 0.3) is 0 Å². The number of nitrogens with one attached hydrogen (secondary N) is 1. The van der Waals surface area contributed by atoms with Gasteiger partial charge in [0.25, 0.3) is 0 Å². The topological polar surface area (TPSA) is 76.7 Å². The summed E-state index contributed by atoms with van der Waals surface area (Å²) in [5, 5.41) is 3.10. The van der Waals surface area contributed by atoms with E-state index in [-0.39, 0.29) is 0 Å². The molecular formula is C12H17N5S. The van der Waals surface area contributed by atoms with Crippen molar-refractivity contribution in [2.24, 2.45) is 5.84 Å². The zero-order valence-corrected chi connectivity index (χ0v) is 11.6. The third kappa shape index (κ3) is 3.02. The van der Waals surface area contributed by atoms with Crippen LogP contribution in [-0.2, 0) is 6.42 Å². The molecule has 0 aliphatic carbocycles. The van der Waals surface area contributed by atoms with Gasteiger partial charge in [-0.2, -0.15) is 0 Å². The van der Waals surface area contributed by atoms with E-state index in [4.69, 9.17) is 5.84 Å². The molecule has 0 atom stereocenters. The molecule has 3 N–H and O–H groups in total. The van der Waals surface area contributed by atoms with Crippen molar-refractivity contribution in [2.75, 3.05) is 5.43 Å². The fourth-order valence-corrected chi connectivity index (χ4v) is 2.23. The van der Waals surface area contributed by atoms with Gasteiger partial charge in [-0.3, -0.25) is 0 Å². The summed E-state index contributed by atoms with van der Waals surface area (Å²) in [5.41, 5.74) is 4.57. The molecule has 0 saturated carbocycles. The van der Waals surface area contributed by atoms with Crippen LogP contribution in [0.4, 0.5) is 5.82 Å². The van der Waals surface area contributed by atoms with Crippen LogP contribution in [0.5, 0.6) is 0 Å². The van der Waals surface area contributed by atoms with Gasteiger partial charge in [0, 0.05) is 17.1 Å². The summed E-state index contributed by atoms with van der Waals surface area (Å²) in [6.07, 6.45) is 0.638. The Kier molecular flexibility index (Phi) is 3.88. The molecule has 0 radical (unpaired) electrons. The molecule has 0 aliphatic heterocycles. The van der Waals surface area contributed by atoms with E-state index in [0.29, 0.717) is 18.2 Å². The molecule has 0 aromatic carbocycles. The molecule has 0 bridgehead atoms. The Hall–Kier alpha value is -1.53. The van der Waals surface area contributed by atoms with Gasteiger partial charge in [0.05, 0.1) is 17.1 Å². The van der Waals surface area contributed by atoms with Crippen molar-refractivity contribution in [3.8, 4) is 0 Å². The number of hydrogen-bond acceptors (Lipinski definition) is 6. The second-order valence-electron chi connectivity index (χ2n) is 4.43. The second kappa shape index (κ2) is 5.41. The van der Waals surface area contributed by atoms with Gasteiger partial charge < -0.3 is 5.43 Å². The molecule has 0 fully saturated rings. The average molecular weight is 263 g/mol. The van der Waals surface area contributed by atoms with Crippen molar-refractivity contribution < 1.29 is 0 Å². The van der Waals surface area contributed by atoms with Crippen LogP contribution in [0.15, 0.2) is 11.4 Å². The Morgan fingerprint density at radius 1 is 1.33 bits per heavy atom. The first-order chi connectivity index (χ1) is 8.58. The summed E-state index contributed by atoms with van der Waals surface area (Å²) < 4.78 is 0. The standard InChI is InChI=1S/C12H17N5S/c1-7(2)10-5-12(17-13)16-11(15-10)4-9-6-18-8(3)14-9/h5-7H,4,13H2,1-3H3,(H,15,16,17). The number of hydrazine groups is 1. The summed E-state index contributed by atoms with van der Waals surface area (Å²) in [6, 6.07) is 1.88. The fraction of sp³-hybridized carbons (Fsp3) is 0.417. The van der Waals surface area contributed by atoms with Gasteiger partial charge in [0.15, 0.2) is 0 Å². The first kappa shape index (κ1) is 12.9. The van der Waals surface area contributed by atoms with Crippen LogP contribution in [-0.4, -0.2) is 15.0 Å². The molecule has 2 rings (SSSR count). The number of aromatic nitrogens is 3. The van der Waals surface area contributed by atoms with Crippen molar-refractivity contribution in [3.63, 3.8) is 0 Å². The monoisotopic (exact) mass is 263 g/mol. The summed E-state index contributed by atoms with van der Waals surface area (Å²) in [6.45, 7) is 6.19. The van der Waals surface area contributed by atoms with Crippen molar-refractivity contribution >= 4 is 17.2 Å². The lowest BCUT2D eigenvalue weighted by Crippen LogP contribution is -2.12. The summed E-state index contributed by atoms with van der Waals surface area (Å²) >= 11 is 1.64. The van der Waals surface area contributed by atoms with Crippen molar-refractivity contribution in [1.82, 2.24) is 15.0 Å². The quantitative estimate of drug-likeness (QED) is 0.653. The molecular weight excluding hydrogens is 246 g/mol. The van der Waals surface area contributed by atoms with E-state index in [0.717, 1.165) is 22.2 Å². The molecule has 2 aromatic heterocycles. The van der Waals surface area contributed by atoms with Gasteiger partial charge in [-0.05, 0) is 12.8 Å². The fourth-order valence-electron chi connectivity index (χ4n) is 1.62. The van der Waals surface area contributed by atoms with E-state index in [1.807, 2.05) is 18.4 Å². The molecule has 5 nitrogen and oxygen atoms in total. The van der Waals surface area contributed by atoms with E-state index >= 15 is 0 Å². The number of nitrogens with zero attached hydrogens (tertiary/aromatic N) is 3. The van der Waals surface area contributed by atoms with E-state index < -0.39 is 0 Å². The highest BCUT2D eigenvalue weighted by Crippen LogP contribution is 2.17. The number of thiazole rings is 1. The highest BCUT2D eigenvalue weighted by molar-refractivity contribution is 7.09. The van der Waals surface area contributed by atoms with Gasteiger partial charge in [-0.25, -0.2) is 20.8 Å². The molecule has 0 amide bonds. The Bertz CT molecular complexity index is 535. The second-order valence-corrected chi connectivity index (χ2v) is 5.49. The van der Waals surface area contributed by atoms with Crippen LogP contribution in [0.1, 0.15) is 42.0 Å². The highest BCUT2D eigenvalue weighted by atomic mass is 32.1.